The van der Waals surface area contributed by atoms with E-state index in [1.165, 1.54) is 0 Å². The molecule has 6 heteroatoms. The van der Waals surface area contributed by atoms with E-state index >= 15 is 0 Å². The number of carbonyl (C=O) groups is 2. The molecular weight excluding hydrogens is 260 g/mol. The Labute approximate surface area is 115 Å². The number of amides is 1. The number of fused-ring (bicyclic) bond motifs is 2. The highest BCUT2D eigenvalue weighted by Gasteiger charge is 2.53. The van der Waals surface area contributed by atoms with Crippen LogP contribution in [0.15, 0.2) is 36.7 Å². The highest BCUT2D eigenvalue weighted by molar-refractivity contribution is 5.87. The minimum absolute atomic E-state index is 0.293. The SMILES string of the molecule is O=C(O)[C@@H]1[C@@H](C(=O)NCc2cccnc2)[C@@H]2C=C[C@@H]1O2. The van der Waals surface area contributed by atoms with Crippen LogP contribution in [0, 0.1) is 11.8 Å². The first-order valence-corrected chi connectivity index (χ1v) is 6.40. The molecular formula is C14H14N2O4. The maximum Gasteiger partial charge on any atom is 0.310 e. The van der Waals surface area contributed by atoms with Crippen molar-refractivity contribution in [3.8, 4) is 0 Å². The summed E-state index contributed by atoms with van der Waals surface area (Å²) in [4.78, 5) is 27.5. The van der Waals surface area contributed by atoms with Gasteiger partial charge in [0.1, 0.15) is 5.92 Å². The predicted octanol–water partition coefficient (Wildman–Crippen LogP) is 0.352. The molecule has 4 atom stereocenters. The van der Waals surface area contributed by atoms with Crippen molar-refractivity contribution in [2.24, 2.45) is 11.8 Å². The Hall–Kier alpha value is -2.21. The Morgan fingerprint density at radius 3 is 2.70 bits per heavy atom. The van der Waals surface area contributed by atoms with Gasteiger partial charge in [-0.3, -0.25) is 14.6 Å². The lowest BCUT2D eigenvalue weighted by Crippen LogP contribution is -2.42. The van der Waals surface area contributed by atoms with E-state index in [9.17, 15) is 14.7 Å². The number of rotatable bonds is 4. The van der Waals surface area contributed by atoms with Crippen molar-refractivity contribution in [2.45, 2.75) is 18.8 Å². The number of ether oxygens (including phenoxy) is 1. The molecule has 1 aromatic heterocycles. The molecule has 0 saturated carbocycles. The second-order valence-electron chi connectivity index (χ2n) is 4.92. The summed E-state index contributed by atoms with van der Waals surface area (Å²) in [5.74, 6) is -2.76. The normalized spacial score (nSPS) is 30.4. The molecule has 2 N–H and O–H groups in total. The molecule has 3 heterocycles. The highest BCUT2D eigenvalue weighted by Crippen LogP contribution is 2.39. The van der Waals surface area contributed by atoms with Gasteiger partial charge in [0.15, 0.2) is 0 Å². The molecule has 2 aliphatic rings. The molecule has 0 aliphatic carbocycles. The molecule has 0 spiro atoms. The average molecular weight is 274 g/mol. The van der Waals surface area contributed by atoms with Crippen molar-refractivity contribution in [1.29, 1.82) is 0 Å². The van der Waals surface area contributed by atoms with Gasteiger partial charge in [0.05, 0.1) is 18.1 Å². The van der Waals surface area contributed by atoms with Gasteiger partial charge in [-0.15, -0.1) is 0 Å². The average Bonchev–Trinajstić information content (AvgIpc) is 3.06. The van der Waals surface area contributed by atoms with Gasteiger partial charge in [0, 0.05) is 18.9 Å². The Morgan fingerprint density at radius 2 is 2.05 bits per heavy atom. The summed E-state index contributed by atoms with van der Waals surface area (Å²) in [7, 11) is 0. The summed E-state index contributed by atoms with van der Waals surface area (Å²) in [6.07, 6.45) is 5.86. The van der Waals surface area contributed by atoms with E-state index in [1.54, 1.807) is 30.6 Å². The van der Waals surface area contributed by atoms with Gasteiger partial charge >= 0.3 is 5.97 Å². The predicted molar refractivity (Wildman–Crippen MR) is 68.5 cm³/mol. The van der Waals surface area contributed by atoms with E-state index in [1.807, 2.05) is 6.07 Å². The second-order valence-corrected chi connectivity index (χ2v) is 4.92. The zero-order chi connectivity index (χ0) is 14.1. The molecule has 2 aliphatic heterocycles. The number of pyridine rings is 1. The Morgan fingerprint density at radius 1 is 1.30 bits per heavy atom. The van der Waals surface area contributed by atoms with Crippen LogP contribution in [0.2, 0.25) is 0 Å². The van der Waals surface area contributed by atoms with Gasteiger partial charge < -0.3 is 15.2 Å². The lowest BCUT2D eigenvalue weighted by Gasteiger charge is -2.20. The van der Waals surface area contributed by atoms with Crippen molar-refractivity contribution >= 4 is 11.9 Å². The number of hydrogen-bond donors (Lipinski definition) is 2. The summed E-state index contributed by atoms with van der Waals surface area (Å²) in [5, 5.41) is 12.0. The van der Waals surface area contributed by atoms with Crippen LogP contribution in [-0.4, -0.2) is 34.2 Å². The zero-order valence-electron chi connectivity index (χ0n) is 10.6. The van der Waals surface area contributed by atoms with E-state index in [2.05, 4.69) is 10.3 Å². The minimum Gasteiger partial charge on any atom is -0.481 e. The molecule has 1 amide bonds. The van der Waals surface area contributed by atoms with Crippen molar-refractivity contribution in [3.05, 3.63) is 42.2 Å². The van der Waals surface area contributed by atoms with Crippen LogP contribution in [0.4, 0.5) is 0 Å². The third-order valence-electron chi connectivity index (χ3n) is 3.68. The molecule has 1 fully saturated rings. The van der Waals surface area contributed by atoms with Crippen LogP contribution < -0.4 is 5.32 Å². The van der Waals surface area contributed by atoms with E-state index in [-0.39, 0.29) is 5.91 Å². The van der Waals surface area contributed by atoms with Gasteiger partial charge in [0.2, 0.25) is 5.91 Å². The van der Waals surface area contributed by atoms with Crippen molar-refractivity contribution in [1.82, 2.24) is 10.3 Å². The van der Waals surface area contributed by atoms with Gasteiger partial charge in [0.25, 0.3) is 0 Å². The molecule has 0 aromatic carbocycles. The third-order valence-corrected chi connectivity index (χ3v) is 3.68. The number of carboxylic acids is 1. The lowest BCUT2D eigenvalue weighted by molar-refractivity contribution is -0.146. The number of carbonyl (C=O) groups excluding carboxylic acids is 1. The number of aliphatic carboxylic acids is 1. The van der Waals surface area contributed by atoms with Crippen LogP contribution in [-0.2, 0) is 20.9 Å². The molecule has 0 radical (unpaired) electrons. The summed E-state index contributed by atoms with van der Waals surface area (Å²) < 4.78 is 5.47. The van der Waals surface area contributed by atoms with Crippen molar-refractivity contribution < 1.29 is 19.4 Å². The summed E-state index contributed by atoms with van der Waals surface area (Å²) >= 11 is 0. The number of nitrogens with zero attached hydrogens (tertiary/aromatic N) is 1. The first-order valence-electron chi connectivity index (χ1n) is 6.40. The van der Waals surface area contributed by atoms with Crippen LogP contribution in [0.3, 0.4) is 0 Å². The monoisotopic (exact) mass is 274 g/mol. The topological polar surface area (TPSA) is 88.5 Å². The van der Waals surface area contributed by atoms with E-state index in [0.717, 1.165) is 5.56 Å². The molecule has 1 aromatic rings. The maximum absolute atomic E-state index is 12.2. The summed E-state index contributed by atoms with van der Waals surface area (Å²) in [6, 6.07) is 3.63. The number of aromatic nitrogens is 1. The molecule has 1 saturated heterocycles. The van der Waals surface area contributed by atoms with Gasteiger partial charge in [-0.25, -0.2) is 0 Å². The minimum atomic E-state index is -0.997. The fourth-order valence-electron chi connectivity index (χ4n) is 2.72. The lowest BCUT2D eigenvalue weighted by atomic mass is 9.82. The second kappa shape index (κ2) is 5.05. The summed E-state index contributed by atoms with van der Waals surface area (Å²) in [6.45, 7) is 0.330. The molecule has 3 rings (SSSR count). The van der Waals surface area contributed by atoms with E-state index in [0.29, 0.717) is 6.54 Å². The maximum atomic E-state index is 12.2. The molecule has 6 nitrogen and oxygen atoms in total. The number of nitrogens with one attached hydrogen (secondary N) is 1. The van der Waals surface area contributed by atoms with Gasteiger partial charge in [-0.2, -0.15) is 0 Å². The van der Waals surface area contributed by atoms with E-state index in [4.69, 9.17) is 4.74 Å². The molecule has 0 unspecified atom stereocenters. The van der Waals surface area contributed by atoms with Crippen LogP contribution in [0.1, 0.15) is 5.56 Å². The first kappa shape index (κ1) is 12.8. The number of carboxylic acid groups (broad SMARTS) is 1. The van der Waals surface area contributed by atoms with Gasteiger partial charge in [-0.05, 0) is 11.6 Å². The van der Waals surface area contributed by atoms with Crippen molar-refractivity contribution in [2.75, 3.05) is 0 Å². The quantitative estimate of drug-likeness (QED) is 0.773. The van der Waals surface area contributed by atoms with Crippen LogP contribution >= 0.6 is 0 Å². The third kappa shape index (κ3) is 2.18. The fourth-order valence-corrected chi connectivity index (χ4v) is 2.72. The number of hydrogen-bond acceptors (Lipinski definition) is 4. The van der Waals surface area contributed by atoms with E-state index < -0.39 is 30.0 Å². The Balaban J connectivity index is 1.68. The Kier molecular flexibility index (Phi) is 3.23. The molecule has 2 bridgehead atoms. The van der Waals surface area contributed by atoms with Crippen LogP contribution in [0.5, 0.6) is 0 Å². The fraction of sp³-hybridized carbons (Fsp3) is 0.357. The Bertz CT molecular complexity index is 558. The van der Waals surface area contributed by atoms with Gasteiger partial charge in [-0.1, -0.05) is 18.2 Å². The molecule has 20 heavy (non-hydrogen) atoms. The first-order chi connectivity index (χ1) is 9.66. The highest BCUT2D eigenvalue weighted by atomic mass is 16.5. The summed E-state index contributed by atoms with van der Waals surface area (Å²) in [5.41, 5.74) is 0.868. The smallest absolute Gasteiger partial charge is 0.310 e. The zero-order valence-corrected chi connectivity index (χ0v) is 10.6. The molecule has 104 valence electrons. The van der Waals surface area contributed by atoms with Crippen molar-refractivity contribution in [3.63, 3.8) is 0 Å². The van der Waals surface area contributed by atoms with Crippen LogP contribution in [0.25, 0.3) is 0 Å². The standard InChI is InChI=1S/C14H14N2O4/c17-13(16-7-8-2-1-5-15-6-8)11-9-3-4-10(20-9)12(11)14(18)19/h1-6,9-12H,7H2,(H,16,17)(H,18,19)/t9-,10-,11-,12-/m0/s1. The largest absolute Gasteiger partial charge is 0.481 e.